The first kappa shape index (κ1) is 17.3. The molecule has 1 heterocycles. The van der Waals surface area contributed by atoms with Gasteiger partial charge in [0, 0.05) is 24.4 Å². The number of aromatic nitrogens is 4. The first-order valence-corrected chi connectivity index (χ1v) is 8.59. The van der Waals surface area contributed by atoms with Crippen LogP contribution < -0.4 is 4.72 Å². The molecular formula is C14H12N6O5S. The second-order valence-electron chi connectivity index (χ2n) is 5.22. The summed E-state index contributed by atoms with van der Waals surface area (Å²) < 4.78 is 28.7. The van der Waals surface area contributed by atoms with Crippen molar-refractivity contribution in [2.75, 3.05) is 4.72 Å². The van der Waals surface area contributed by atoms with Gasteiger partial charge in [-0.15, -0.1) is 5.10 Å². The molecule has 26 heavy (non-hydrogen) atoms. The molecule has 0 saturated carbocycles. The number of hydrogen-bond donors (Lipinski definition) is 2. The SMILES string of the molecule is Cn1nnnc1-c1cccc(NS(=O)(=O)c2ccc(O)c([N+](=O)[O-])c2)c1. The molecule has 0 spiro atoms. The van der Waals surface area contributed by atoms with Crippen molar-refractivity contribution in [1.82, 2.24) is 20.2 Å². The average molecular weight is 376 g/mol. The Kier molecular flexibility index (Phi) is 4.26. The number of nitro groups is 1. The van der Waals surface area contributed by atoms with E-state index in [1.54, 1.807) is 19.2 Å². The number of nitrogens with zero attached hydrogens (tertiary/aromatic N) is 5. The predicted octanol–water partition coefficient (Wildman–Crippen LogP) is 1.29. The molecule has 0 aliphatic carbocycles. The summed E-state index contributed by atoms with van der Waals surface area (Å²) in [5.41, 5.74) is 0.0994. The van der Waals surface area contributed by atoms with Crippen LogP contribution in [-0.2, 0) is 17.1 Å². The Morgan fingerprint density at radius 1 is 1.23 bits per heavy atom. The molecule has 2 aromatic carbocycles. The molecule has 0 unspecified atom stereocenters. The fourth-order valence-corrected chi connectivity index (χ4v) is 3.30. The van der Waals surface area contributed by atoms with Gasteiger partial charge in [0.15, 0.2) is 11.6 Å². The lowest BCUT2D eigenvalue weighted by atomic mass is 10.2. The largest absolute Gasteiger partial charge is 0.502 e. The standard InChI is InChI=1S/C14H12N6O5S/c1-19-14(15-17-18-19)9-3-2-4-10(7-9)16-26(24,25)11-5-6-13(21)12(8-11)20(22)23/h2-8,16,21H,1H3. The Bertz CT molecular complexity index is 1090. The monoisotopic (exact) mass is 376 g/mol. The number of benzene rings is 2. The smallest absolute Gasteiger partial charge is 0.312 e. The van der Waals surface area contributed by atoms with E-state index in [4.69, 9.17) is 0 Å². The molecule has 0 aliphatic heterocycles. The number of tetrazole rings is 1. The second kappa shape index (κ2) is 6.40. The molecule has 3 rings (SSSR count). The number of phenolic OH excluding ortho intramolecular Hbond substituents is 1. The van der Waals surface area contributed by atoms with Crippen LogP contribution in [0.4, 0.5) is 11.4 Å². The summed E-state index contributed by atoms with van der Waals surface area (Å²) in [4.78, 5) is 9.66. The molecule has 134 valence electrons. The van der Waals surface area contributed by atoms with Gasteiger partial charge < -0.3 is 5.11 Å². The normalized spacial score (nSPS) is 11.3. The number of aromatic hydroxyl groups is 1. The van der Waals surface area contributed by atoms with Crippen LogP contribution in [-0.4, -0.2) is 38.7 Å². The van der Waals surface area contributed by atoms with E-state index in [9.17, 15) is 23.6 Å². The van der Waals surface area contributed by atoms with Gasteiger partial charge in [0.2, 0.25) is 0 Å². The number of anilines is 1. The van der Waals surface area contributed by atoms with E-state index in [1.807, 2.05) is 0 Å². The zero-order chi connectivity index (χ0) is 18.9. The number of phenols is 1. The zero-order valence-corrected chi connectivity index (χ0v) is 14.1. The van der Waals surface area contributed by atoms with Gasteiger partial charge >= 0.3 is 5.69 Å². The van der Waals surface area contributed by atoms with E-state index in [-0.39, 0.29) is 10.6 Å². The fourth-order valence-electron chi connectivity index (χ4n) is 2.23. The minimum atomic E-state index is -4.11. The van der Waals surface area contributed by atoms with Gasteiger partial charge in [-0.2, -0.15) is 0 Å². The maximum Gasteiger partial charge on any atom is 0.312 e. The van der Waals surface area contributed by atoms with Gasteiger partial charge in [-0.3, -0.25) is 14.8 Å². The van der Waals surface area contributed by atoms with Crippen molar-refractivity contribution in [2.24, 2.45) is 7.05 Å². The van der Waals surface area contributed by atoms with E-state index in [0.29, 0.717) is 11.4 Å². The van der Waals surface area contributed by atoms with E-state index in [2.05, 4.69) is 20.2 Å². The highest BCUT2D eigenvalue weighted by Crippen LogP contribution is 2.29. The maximum absolute atomic E-state index is 12.5. The average Bonchev–Trinajstić information content (AvgIpc) is 3.00. The number of nitro benzene ring substituents is 1. The molecule has 0 amide bonds. The number of aryl methyl sites for hydroxylation is 1. The molecular weight excluding hydrogens is 364 g/mol. The molecule has 2 N–H and O–H groups in total. The van der Waals surface area contributed by atoms with Crippen LogP contribution in [0.25, 0.3) is 11.4 Å². The zero-order valence-electron chi connectivity index (χ0n) is 13.3. The Morgan fingerprint density at radius 2 is 2.00 bits per heavy atom. The van der Waals surface area contributed by atoms with Crippen molar-refractivity contribution in [1.29, 1.82) is 0 Å². The maximum atomic E-state index is 12.5. The van der Waals surface area contributed by atoms with Crippen LogP contribution in [0.15, 0.2) is 47.4 Å². The predicted molar refractivity (Wildman–Crippen MR) is 89.8 cm³/mol. The molecule has 11 nitrogen and oxygen atoms in total. The third-order valence-electron chi connectivity index (χ3n) is 3.45. The van der Waals surface area contributed by atoms with Crippen molar-refractivity contribution in [3.05, 3.63) is 52.6 Å². The van der Waals surface area contributed by atoms with Crippen LogP contribution in [0, 0.1) is 10.1 Å². The topological polar surface area (TPSA) is 153 Å². The van der Waals surface area contributed by atoms with Crippen LogP contribution in [0.5, 0.6) is 5.75 Å². The molecule has 1 aromatic heterocycles. The first-order valence-electron chi connectivity index (χ1n) is 7.11. The summed E-state index contributed by atoms with van der Waals surface area (Å²) in [5, 5.41) is 31.4. The molecule has 0 atom stereocenters. The Morgan fingerprint density at radius 3 is 2.65 bits per heavy atom. The van der Waals surface area contributed by atoms with Crippen molar-refractivity contribution >= 4 is 21.4 Å². The van der Waals surface area contributed by atoms with Gasteiger partial charge in [0.1, 0.15) is 0 Å². The molecule has 0 radical (unpaired) electrons. The van der Waals surface area contributed by atoms with Gasteiger partial charge in [0.05, 0.1) is 9.82 Å². The second-order valence-corrected chi connectivity index (χ2v) is 6.90. The Hall–Kier alpha value is -3.54. The molecule has 12 heteroatoms. The first-order chi connectivity index (χ1) is 12.3. The van der Waals surface area contributed by atoms with Gasteiger partial charge in [0.25, 0.3) is 10.0 Å². The van der Waals surface area contributed by atoms with E-state index >= 15 is 0 Å². The summed E-state index contributed by atoms with van der Waals surface area (Å²) >= 11 is 0. The minimum Gasteiger partial charge on any atom is -0.502 e. The number of sulfonamides is 1. The minimum absolute atomic E-state index is 0.223. The summed E-state index contributed by atoms with van der Waals surface area (Å²) in [6.07, 6.45) is 0. The lowest BCUT2D eigenvalue weighted by Crippen LogP contribution is -2.13. The van der Waals surface area contributed by atoms with Crippen LogP contribution in [0.3, 0.4) is 0 Å². The summed E-state index contributed by atoms with van der Waals surface area (Å²) in [6.45, 7) is 0. The summed E-state index contributed by atoms with van der Waals surface area (Å²) in [6, 6.07) is 9.16. The highest BCUT2D eigenvalue weighted by molar-refractivity contribution is 7.92. The molecule has 3 aromatic rings. The molecule has 0 bridgehead atoms. The highest BCUT2D eigenvalue weighted by Gasteiger charge is 2.21. The quantitative estimate of drug-likeness (QED) is 0.499. The number of nitrogens with one attached hydrogen (secondary N) is 1. The van der Waals surface area contributed by atoms with Crippen LogP contribution in [0.1, 0.15) is 0 Å². The van der Waals surface area contributed by atoms with E-state index in [0.717, 1.165) is 18.2 Å². The van der Waals surface area contributed by atoms with Crippen molar-refractivity contribution in [3.8, 4) is 17.1 Å². The lowest BCUT2D eigenvalue weighted by Gasteiger charge is -2.09. The third-order valence-corrected chi connectivity index (χ3v) is 4.83. The summed E-state index contributed by atoms with van der Waals surface area (Å²) in [7, 11) is -2.47. The highest BCUT2D eigenvalue weighted by atomic mass is 32.2. The van der Waals surface area contributed by atoms with E-state index < -0.39 is 26.4 Å². The van der Waals surface area contributed by atoms with E-state index in [1.165, 1.54) is 16.8 Å². The van der Waals surface area contributed by atoms with Gasteiger partial charge in [-0.05, 0) is 34.7 Å². The third kappa shape index (κ3) is 3.30. The lowest BCUT2D eigenvalue weighted by molar-refractivity contribution is -0.386. The van der Waals surface area contributed by atoms with Crippen molar-refractivity contribution < 1.29 is 18.4 Å². The van der Waals surface area contributed by atoms with Crippen LogP contribution >= 0.6 is 0 Å². The van der Waals surface area contributed by atoms with Crippen molar-refractivity contribution in [3.63, 3.8) is 0 Å². The van der Waals surface area contributed by atoms with Crippen LogP contribution in [0.2, 0.25) is 0 Å². The van der Waals surface area contributed by atoms with Gasteiger partial charge in [-0.1, -0.05) is 12.1 Å². The molecule has 0 aliphatic rings. The van der Waals surface area contributed by atoms with Crippen molar-refractivity contribution in [2.45, 2.75) is 4.90 Å². The summed E-state index contributed by atoms with van der Waals surface area (Å²) in [5.74, 6) is -0.183. The number of rotatable bonds is 5. The van der Waals surface area contributed by atoms with Gasteiger partial charge in [-0.25, -0.2) is 13.1 Å². The Balaban J connectivity index is 1.95. The number of hydrogen-bond acceptors (Lipinski definition) is 8. The fraction of sp³-hybridized carbons (Fsp3) is 0.0714. The molecule has 0 fully saturated rings. The Labute approximate surface area is 147 Å². The molecule has 0 saturated heterocycles.